The molecule has 0 unspecified atom stereocenters. The van der Waals surface area contributed by atoms with Gasteiger partial charge in [-0.3, -0.25) is 4.79 Å². The quantitative estimate of drug-likeness (QED) is 0.799. The number of alkyl halides is 3. The zero-order valence-corrected chi connectivity index (χ0v) is 17.3. The summed E-state index contributed by atoms with van der Waals surface area (Å²) in [7, 11) is 0. The summed E-state index contributed by atoms with van der Waals surface area (Å²) < 4.78 is 47.1. The molecule has 3 atom stereocenters. The van der Waals surface area contributed by atoms with Crippen molar-refractivity contribution in [3.8, 4) is 0 Å². The van der Waals surface area contributed by atoms with Gasteiger partial charge in [0, 0.05) is 37.5 Å². The summed E-state index contributed by atoms with van der Waals surface area (Å²) in [5.74, 6) is 0.710. The third kappa shape index (κ3) is 3.56. The Labute approximate surface area is 172 Å². The minimum Gasteiger partial charge on any atom is -0.367 e. The van der Waals surface area contributed by atoms with Crippen molar-refractivity contribution >= 4 is 11.7 Å². The molecule has 2 aliphatic heterocycles. The van der Waals surface area contributed by atoms with Crippen LogP contribution in [0.25, 0.3) is 0 Å². The van der Waals surface area contributed by atoms with E-state index < -0.39 is 12.2 Å². The fourth-order valence-electron chi connectivity index (χ4n) is 4.41. The summed E-state index contributed by atoms with van der Waals surface area (Å²) in [5, 5.41) is 11.4. The molecule has 1 N–H and O–H groups in total. The first-order valence-electron chi connectivity index (χ1n) is 10.4. The Hall–Kier alpha value is -2.52. The van der Waals surface area contributed by atoms with Crippen molar-refractivity contribution in [3.05, 3.63) is 28.8 Å². The fourth-order valence-corrected chi connectivity index (χ4v) is 4.41. The molecule has 0 saturated carbocycles. The predicted molar refractivity (Wildman–Crippen MR) is 104 cm³/mol. The van der Waals surface area contributed by atoms with E-state index in [1.807, 2.05) is 13.8 Å². The SMILES string of the molecule is CCc1onc(C)c1C(=O)N1CC[C@@H](c2cc3n(n2)[C@@H](C(F)(F)F)C[C@@H](CC)N3)C1. The summed E-state index contributed by atoms with van der Waals surface area (Å²) in [4.78, 5) is 14.7. The standard InChI is InChI=1S/C20H26F3N5O2/c1-4-13-8-16(20(21,22)23)28-17(24-13)9-14(25-28)12-6-7-27(10-12)19(29)18-11(3)26-30-15(18)5-2/h9,12-13,16,24H,4-8,10H2,1-3H3/t12-,13-,16-/m1/s1. The van der Waals surface area contributed by atoms with Gasteiger partial charge in [-0.25, -0.2) is 4.68 Å². The molecule has 30 heavy (non-hydrogen) atoms. The molecule has 1 saturated heterocycles. The Morgan fingerprint density at radius 2 is 2.13 bits per heavy atom. The van der Waals surface area contributed by atoms with Crippen LogP contribution in [0.1, 0.15) is 72.6 Å². The van der Waals surface area contributed by atoms with Crippen LogP contribution in [0.2, 0.25) is 0 Å². The molecule has 10 heteroatoms. The molecule has 4 heterocycles. The van der Waals surface area contributed by atoms with Gasteiger partial charge in [0.15, 0.2) is 6.04 Å². The Bertz CT molecular complexity index is 936. The number of nitrogens with one attached hydrogen (secondary N) is 1. The lowest BCUT2D eigenvalue weighted by Crippen LogP contribution is -2.38. The monoisotopic (exact) mass is 425 g/mol. The third-order valence-electron chi connectivity index (χ3n) is 6.14. The van der Waals surface area contributed by atoms with E-state index in [9.17, 15) is 18.0 Å². The van der Waals surface area contributed by atoms with E-state index in [4.69, 9.17) is 4.52 Å². The van der Waals surface area contributed by atoms with Gasteiger partial charge in [-0.15, -0.1) is 0 Å². The number of nitrogens with zero attached hydrogens (tertiary/aromatic N) is 4. The largest absolute Gasteiger partial charge is 0.410 e. The van der Waals surface area contributed by atoms with Crippen molar-refractivity contribution in [2.24, 2.45) is 0 Å². The van der Waals surface area contributed by atoms with Crippen LogP contribution in [0.15, 0.2) is 10.6 Å². The van der Waals surface area contributed by atoms with Crippen LogP contribution in [-0.4, -0.2) is 51.1 Å². The number of carbonyl (C=O) groups excluding carboxylic acids is 1. The maximum Gasteiger partial charge on any atom is 0.410 e. The normalized spacial score (nSPS) is 24.1. The highest BCUT2D eigenvalue weighted by Crippen LogP contribution is 2.41. The molecule has 2 aromatic rings. The molecule has 0 radical (unpaired) electrons. The maximum atomic E-state index is 13.6. The van der Waals surface area contributed by atoms with E-state index in [-0.39, 0.29) is 24.3 Å². The number of aromatic nitrogens is 3. The van der Waals surface area contributed by atoms with E-state index in [0.717, 1.165) is 4.68 Å². The molecule has 0 aliphatic carbocycles. The lowest BCUT2D eigenvalue weighted by atomic mass is 10.0. The van der Waals surface area contributed by atoms with Crippen LogP contribution >= 0.6 is 0 Å². The average molecular weight is 425 g/mol. The van der Waals surface area contributed by atoms with Crippen LogP contribution < -0.4 is 5.32 Å². The first-order valence-corrected chi connectivity index (χ1v) is 10.4. The molecule has 2 aliphatic rings. The van der Waals surface area contributed by atoms with Gasteiger partial charge in [0.25, 0.3) is 5.91 Å². The van der Waals surface area contributed by atoms with Crippen molar-refractivity contribution in [2.45, 2.75) is 70.6 Å². The van der Waals surface area contributed by atoms with E-state index in [0.29, 0.717) is 60.9 Å². The molecular formula is C20H26F3N5O2. The highest BCUT2D eigenvalue weighted by molar-refractivity contribution is 5.96. The predicted octanol–water partition coefficient (Wildman–Crippen LogP) is 4.07. The molecule has 0 bridgehead atoms. The van der Waals surface area contributed by atoms with Crippen LogP contribution in [0.5, 0.6) is 0 Å². The molecule has 7 nitrogen and oxygen atoms in total. The van der Waals surface area contributed by atoms with Gasteiger partial charge in [0.1, 0.15) is 17.1 Å². The molecule has 0 spiro atoms. The van der Waals surface area contributed by atoms with E-state index in [1.165, 1.54) is 0 Å². The minimum absolute atomic E-state index is 0.0318. The van der Waals surface area contributed by atoms with Gasteiger partial charge < -0.3 is 14.7 Å². The van der Waals surface area contributed by atoms with Gasteiger partial charge >= 0.3 is 6.18 Å². The molecule has 4 rings (SSSR count). The number of fused-ring (bicyclic) bond motifs is 1. The molecule has 2 aromatic heterocycles. The first-order chi connectivity index (χ1) is 14.2. The lowest BCUT2D eigenvalue weighted by Gasteiger charge is -2.32. The highest BCUT2D eigenvalue weighted by Gasteiger charge is 2.46. The molecule has 1 fully saturated rings. The summed E-state index contributed by atoms with van der Waals surface area (Å²) in [6.07, 6.45) is -2.56. The number of hydrogen-bond donors (Lipinski definition) is 1. The number of hydrogen-bond acceptors (Lipinski definition) is 5. The molecule has 164 valence electrons. The summed E-state index contributed by atoms with van der Waals surface area (Å²) >= 11 is 0. The molecular weight excluding hydrogens is 399 g/mol. The van der Waals surface area contributed by atoms with Gasteiger partial charge in [0.2, 0.25) is 0 Å². The highest BCUT2D eigenvalue weighted by atomic mass is 19.4. The van der Waals surface area contributed by atoms with Crippen molar-refractivity contribution < 1.29 is 22.5 Å². The van der Waals surface area contributed by atoms with E-state index in [1.54, 1.807) is 17.9 Å². The van der Waals surface area contributed by atoms with Crippen molar-refractivity contribution in [1.29, 1.82) is 0 Å². The Kier molecular flexibility index (Phi) is 5.27. The van der Waals surface area contributed by atoms with Gasteiger partial charge in [0.05, 0.1) is 11.4 Å². The number of rotatable bonds is 4. The molecule has 1 amide bonds. The zero-order valence-electron chi connectivity index (χ0n) is 17.3. The second kappa shape index (κ2) is 7.63. The van der Waals surface area contributed by atoms with Crippen LogP contribution in [0, 0.1) is 6.92 Å². The van der Waals surface area contributed by atoms with Crippen molar-refractivity contribution in [3.63, 3.8) is 0 Å². The van der Waals surface area contributed by atoms with Crippen LogP contribution in [-0.2, 0) is 6.42 Å². The number of halogens is 3. The average Bonchev–Trinajstić information content (AvgIpc) is 3.42. The number of amides is 1. The van der Waals surface area contributed by atoms with Gasteiger partial charge in [-0.1, -0.05) is 19.0 Å². The fraction of sp³-hybridized carbons (Fsp3) is 0.650. The van der Waals surface area contributed by atoms with Crippen LogP contribution in [0.4, 0.5) is 19.0 Å². The number of likely N-dealkylation sites (tertiary alicyclic amines) is 1. The maximum absolute atomic E-state index is 13.6. The Morgan fingerprint density at radius 1 is 1.37 bits per heavy atom. The minimum atomic E-state index is -4.35. The number of carbonyl (C=O) groups is 1. The zero-order chi connectivity index (χ0) is 21.6. The second-order valence-corrected chi connectivity index (χ2v) is 8.10. The van der Waals surface area contributed by atoms with Crippen molar-refractivity contribution in [2.75, 3.05) is 18.4 Å². The third-order valence-corrected chi connectivity index (χ3v) is 6.14. The van der Waals surface area contributed by atoms with Crippen LogP contribution in [0.3, 0.4) is 0 Å². The second-order valence-electron chi connectivity index (χ2n) is 8.10. The Balaban J connectivity index is 1.55. The first kappa shape index (κ1) is 20.7. The summed E-state index contributed by atoms with van der Waals surface area (Å²) in [6, 6.07) is -0.154. The summed E-state index contributed by atoms with van der Waals surface area (Å²) in [6.45, 7) is 6.44. The Morgan fingerprint density at radius 3 is 2.80 bits per heavy atom. The van der Waals surface area contributed by atoms with Gasteiger partial charge in [-0.05, 0) is 26.2 Å². The lowest BCUT2D eigenvalue weighted by molar-refractivity contribution is -0.173. The topological polar surface area (TPSA) is 76.2 Å². The number of anilines is 1. The van der Waals surface area contributed by atoms with E-state index >= 15 is 0 Å². The van der Waals surface area contributed by atoms with Gasteiger partial charge in [-0.2, -0.15) is 18.3 Å². The van der Waals surface area contributed by atoms with E-state index in [2.05, 4.69) is 15.6 Å². The molecule has 0 aromatic carbocycles. The number of aryl methyl sites for hydroxylation is 2. The van der Waals surface area contributed by atoms with Crippen molar-refractivity contribution in [1.82, 2.24) is 19.8 Å². The summed E-state index contributed by atoms with van der Waals surface area (Å²) in [5.41, 5.74) is 1.64. The smallest absolute Gasteiger partial charge is 0.367 e.